The first-order chi connectivity index (χ1) is 34.1. The van der Waals surface area contributed by atoms with E-state index in [4.69, 9.17) is 0 Å². The number of aliphatic hydroxyl groups is 1. The average Bonchev–Trinajstić information content (AvgIpc) is 3.41. The van der Waals surface area contributed by atoms with Gasteiger partial charge in [0.1, 0.15) is 12.3 Å². The zero-order valence-corrected chi connectivity index (χ0v) is 45.7. The molecule has 13 nitrogen and oxygen atoms in total. The van der Waals surface area contributed by atoms with E-state index in [0.717, 1.165) is 119 Å². The minimum Gasteiger partial charge on any atom is -0.381 e. The normalized spacial score (nSPS) is 18.8. The van der Waals surface area contributed by atoms with Crippen LogP contribution < -0.4 is 26.6 Å². The van der Waals surface area contributed by atoms with E-state index in [1.165, 1.54) is 0 Å². The number of Topliss-reactive ketones (excluding diaryl/α,β-unsaturated/α-hetero) is 1. The molecule has 0 radical (unpaired) electrons. The Morgan fingerprint density at radius 1 is 0.554 bits per heavy atom. The van der Waals surface area contributed by atoms with Crippen molar-refractivity contribution < 1.29 is 38.7 Å². The number of hydrogen-bond acceptors (Lipinski definition) is 8. The number of aryl methyl sites for hydroxylation is 3. The third kappa shape index (κ3) is 24.3. The lowest BCUT2D eigenvalue weighted by Crippen LogP contribution is -2.50. The molecule has 0 spiro atoms. The molecule has 0 bridgehead atoms. The molecule has 3 aromatic rings. The molecule has 4 atom stereocenters. The Bertz CT molecular complexity index is 2270. The Hall–Kier alpha value is -5.42. The number of amides is 5. The molecule has 3 aromatic carbocycles. The van der Waals surface area contributed by atoms with Gasteiger partial charge in [-0.2, -0.15) is 40.5 Å². The highest BCUT2D eigenvalue weighted by Gasteiger charge is 2.28. The minimum atomic E-state index is -1.27. The molecule has 0 fully saturated rings. The first kappa shape index (κ1) is 68.6. The Balaban J connectivity index is 0.00000106. The Morgan fingerprint density at radius 3 is 1.41 bits per heavy atom. The van der Waals surface area contributed by atoms with Crippen LogP contribution in [0.25, 0.3) is 0 Å². The maximum absolute atomic E-state index is 12.7. The molecule has 1 unspecified atom stereocenters. The number of carbonyl (C=O) groups is 7. The van der Waals surface area contributed by atoms with E-state index in [-0.39, 0.29) is 65.6 Å². The highest BCUT2D eigenvalue weighted by atomic mass is 32.1. The van der Waals surface area contributed by atoms with Crippen LogP contribution in [-0.2, 0) is 38.4 Å². The largest absolute Gasteiger partial charge is 0.381 e. The second kappa shape index (κ2) is 40.0. The van der Waals surface area contributed by atoms with Gasteiger partial charge in [-0.1, -0.05) is 118 Å². The van der Waals surface area contributed by atoms with Gasteiger partial charge >= 0.3 is 0 Å². The number of allylic oxidation sites excluding steroid dienone is 3. The van der Waals surface area contributed by atoms with Crippen molar-refractivity contribution in [1.82, 2.24) is 26.6 Å². The van der Waals surface area contributed by atoms with Gasteiger partial charge in [-0.05, 0) is 145 Å². The second-order valence-electron chi connectivity index (χ2n) is 17.8. The van der Waals surface area contributed by atoms with Gasteiger partial charge in [-0.25, -0.2) is 0 Å². The topological polar surface area (TPSA) is 200 Å². The summed E-state index contributed by atoms with van der Waals surface area (Å²) >= 11 is 0. The summed E-state index contributed by atoms with van der Waals surface area (Å²) in [7, 11) is 0. The van der Waals surface area contributed by atoms with Crippen LogP contribution in [0, 0.1) is 0 Å². The molecule has 0 saturated heterocycles. The number of fused-ring (bicyclic) bond motifs is 3. The van der Waals surface area contributed by atoms with Gasteiger partial charge in [0.05, 0.1) is 12.1 Å². The SMILES string of the molecule is C.CCNC(=O)C(=O)[C@@H]1CC=CCCCCCc2ccccc2C(=O)N1.CCNC(=O)C(O)[C@@H]1CC=CCCCCCc2ccccc2C(=O)N1.O=C[C@@H]1CC=CCCCCCc2ccccc2C(=O)N1.S.S.S. The van der Waals surface area contributed by atoms with Crippen molar-refractivity contribution in [2.24, 2.45) is 0 Å². The van der Waals surface area contributed by atoms with E-state index >= 15 is 0 Å². The fourth-order valence-electron chi connectivity index (χ4n) is 8.46. The number of rotatable bonds is 7. The second-order valence-corrected chi connectivity index (χ2v) is 17.8. The molecule has 6 N–H and O–H groups in total. The van der Waals surface area contributed by atoms with E-state index in [9.17, 15) is 38.7 Å². The minimum absolute atomic E-state index is 0. The van der Waals surface area contributed by atoms with Crippen LogP contribution in [0.4, 0.5) is 0 Å². The molecule has 408 valence electrons. The van der Waals surface area contributed by atoms with Gasteiger partial charge in [-0.3, -0.25) is 28.8 Å². The standard InChI is InChI=1S/C20H28N2O3.C20H26N2O3.C17H21NO2.CH4.3H2S/c2*1-2-21-20(25)18(23)17-14-8-6-4-3-5-7-11-15-12-9-10-13-16(15)19(24)22-17;19-13-15-11-6-4-2-1-3-5-9-14-10-7-8-12-16(14)17(20)18-15;;;;/h6,8-10,12-13,17-18,23H,2-5,7,11,14H2,1H3,(H,21,25)(H,22,24);6,8-10,12-13,17H,2-5,7,11,14H2,1H3,(H,21,25)(H,22,24);4,6-8,10,12-13,15H,1-3,5,9,11H2,(H,18,20);1H4;3*1H2/t17-,18?;17-;15-;;;;/m000..../s1. The molecular weight excluding hydrogens is 991 g/mol. The van der Waals surface area contributed by atoms with Crippen molar-refractivity contribution in [3.63, 3.8) is 0 Å². The Kier molecular flexibility index (Phi) is 37.0. The number of benzene rings is 3. The summed E-state index contributed by atoms with van der Waals surface area (Å²) in [5, 5.41) is 23.9. The monoisotopic (exact) mass is 1080 g/mol. The number of nitrogens with one attached hydrogen (secondary N) is 5. The van der Waals surface area contributed by atoms with Gasteiger partial charge in [0.2, 0.25) is 5.78 Å². The number of likely N-dealkylation sites (N-methyl/N-ethyl adjacent to an activating group) is 2. The van der Waals surface area contributed by atoms with Crippen molar-refractivity contribution in [3.05, 3.63) is 143 Å². The number of aliphatic hydroxyl groups excluding tert-OH is 1. The fraction of sp³-hybridized carbons (Fsp3) is 0.466. The van der Waals surface area contributed by atoms with Crippen LogP contribution >= 0.6 is 40.5 Å². The number of carbonyl (C=O) groups excluding carboxylic acids is 7. The lowest BCUT2D eigenvalue weighted by atomic mass is 9.99. The first-order valence-electron chi connectivity index (χ1n) is 25.4. The Labute approximate surface area is 461 Å². The lowest BCUT2D eigenvalue weighted by molar-refractivity contribution is -0.138. The smallest absolute Gasteiger partial charge is 0.289 e. The zero-order valence-electron chi connectivity index (χ0n) is 42.7. The van der Waals surface area contributed by atoms with Crippen molar-refractivity contribution in [2.45, 2.75) is 161 Å². The van der Waals surface area contributed by atoms with Gasteiger partial charge in [0.25, 0.3) is 29.5 Å². The van der Waals surface area contributed by atoms with E-state index in [1.807, 2.05) is 85.0 Å². The number of ketones is 1. The van der Waals surface area contributed by atoms with Crippen molar-refractivity contribution >= 4 is 82.1 Å². The fourth-order valence-corrected chi connectivity index (χ4v) is 8.46. The molecule has 3 aliphatic heterocycles. The summed E-state index contributed by atoms with van der Waals surface area (Å²) in [4.78, 5) is 85.0. The molecule has 3 aliphatic rings. The van der Waals surface area contributed by atoms with Gasteiger partial charge in [0.15, 0.2) is 6.10 Å². The summed E-state index contributed by atoms with van der Waals surface area (Å²) in [5.41, 5.74) is 4.97. The van der Waals surface area contributed by atoms with E-state index in [1.54, 1.807) is 26.0 Å². The predicted octanol–water partition coefficient (Wildman–Crippen LogP) is 8.92. The maximum atomic E-state index is 12.7. The predicted molar refractivity (Wildman–Crippen MR) is 313 cm³/mol. The third-order valence-corrected chi connectivity index (χ3v) is 12.4. The number of aldehydes is 1. The lowest BCUT2D eigenvalue weighted by Gasteiger charge is -2.23. The van der Waals surface area contributed by atoms with Gasteiger partial charge in [0, 0.05) is 29.8 Å². The first-order valence-corrected chi connectivity index (χ1v) is 25.4. The maximum Gasteiger partial charge on any atom is 0.289 e. The third-order valence-electron chi connectivity index (χ3n) is 12.4. The van der Waals surface area contributed by atoms with Crippen molar-refractivity contribution in [1.29, 1.82) is 0 Å². The van der Waals surface area contributed by atoms with Crippen LogP contribution in [0.5, 0.6) is 0 Å². The van der Waals surface area contributed by atoms with Gasteiger partial charge < -0.3 is 36.5 Å². The molecule has 16 heteroatoms. The summed E-state index contributed by atoms with van der Waals surface area (Å²) < 4.78 is 0. The molecule has 5 amide bonds. The van der Waals surface area contributed by atoms with Crippen molar-refractivity contribution in [2.75, 3.05) is 13.1 Å². The molecule has 0 saturated carbocycles. The summed E-state index contributed by atoms with van der Waals surface area (Å²) in [6, 6.07) is 20.7. The van der Waals surface area contributed by atoms with Gasteiger partial charge in [-0.15, -0.1) is 0 Å². The summed E-state index contributed by atoms with van der Waals surface area (Å²) in [6.45, 7) is 4.37. The molecule has 3 heterocycles. The van der Waals surface area contributed by atoms with Crippen LogP contribution in [0.3, 0.4) is 0 Å². The van der Waals surface area contributed by atoms with Crippen LogP contribution in [-0.4, -0.2) is 84.0 Å². The molecular formula is C58H85N5O8S3. The summed E-state index contributed by atoms with van der Waals surface area (Å²) in [6.07, 6.45) is 28.3. The highest BCUT2D eigenvalue weighted by Crippen LogP contribution is 2.19. The van der Waals surface area contributed by atoms with Crippen LogP contribution in [0.15, 0.2) is 109 Å². The van der Waals surface area contributed by atoms with E-state index < -0.39 is 41.8 Å². The molecule has 6 rings (SSSR count). The molecule has 0 aliphatic carbocycles. The number of hydrogen-bond donors (Lipinski definition) is 6. The Morgan fingerprint density at radius 2 is 0.959 bits per heavy atom. The quantitative estimate of drug-likeness (QED) is 0.0766. The molecule has 0 aromatic heterocycles. The zero-order chi connectivity index (χ0) is 50.4. The van der Waals surface area contributed by atoms with Crippen LogP contribution in [0.2, 0.25) is 0 Å². The highest BCUT2D eigenvalue weighted by molar-refractivity contribution is 7.59. The van der Waals surface area contributed by atoms with Crippen molar-refractivity contribution in [3.8, 4) is 0 Å². The van der Waals surface area contributed by atoms with E-state index in [0.29, 0.717) is 49.0 Å². The van der Waals surface area contributed by atoms with E-state index in [2.05, 4.69) is 38.7 Å². The average molecular weight is 1080 g/mol. The summed E-state index contributed by atoms with van der Waals surface area (Å²) in [5.74, 6) is -2.40. The van der Waals surface area contributed by atoms with Crippen LogP contribution in [0.1, 0.15) is 165 Å². The molecule has 74 heavy (non-hydrogen) atoms.